The van der Waals surface area contributed by atoms with Crippen LogP contribution in [-0.2, 0) is 14.1 Å². The Labute approximate surface area is 286 Å². The van der Waals surface area contributed by atoms with Crippen molar-refractivity contribution in [2.75, 3.05) is 0 Å². The number of para-hydroxylation sites is 2. The molecule has 0 saturated heterocycles. The number of aryl methyl sites for hydroxylation is 2. The maximum absolute atomic E-state index is 2.40. The van der Waals surface area contributed by atoms with Crippen LogP contribution in [0, 0.1) is 0 Å². The van der Waals surface area contributed by atoms with E-state index in [0.29, 0.717) is 0 Å². The molecule has 2 nitrogen and oxygen atoms in total. The molecule has 0 amide bonds. The first kappa shape index (κ1) is 27.7. The van der Waals surface area contributed by atoms with Crippen molar-refractivity contribution >= 4 is 74.1 Å². The van der Waals surface area contributed by atoms with Crippen LogP contribution in [0.2, 0.25) is 0 Å². The Balaban J connectivity index is 1.04. The van der Waals surface area contributed by atoms with Crippen LogP contribution in [0.1, 0.15) is 0 Å². The number of fused-ring (bicyclic) bond motifs is 7. The summed E-state index contributed by atoms with van der Waals surface area (Å²) in [4.78, 5) is 0. The van der Waals surface area contributed by atoms with Crippen LogP contribution in [0.4, 0.5) is 0 Å². The molecular weight excluding hydrogens is 621 g/mol. The summed E-state index contributed by atoms with van der Waals surface area (Å²) in [5.41, 5.74) is 12.5. The molecule has 0 radical (unpaired) electrons. The molecule has 0 N–H and O–H groups in total. The summed E-state index contributed by atoms with van der Waals surface area (Å²) >= 11 is 3.84. The molecule has 10 aromatic rings. The van der Waals surface area contributed by atoms with Crippen LogP contribution in [0.5, 0.6) is 0 Å². The second-order valence-corrected chi connectivity index (χ2v) is 14.8. The Morgan fingerprint density at radius 2 is 0.792 bits per heavy atom. The molecule has 0 aliphatic rings. The quantitative estimate of drug-likeness (QED) is 0.179. The van der Waals surface area contributed by atoms with E-state index in [0.717, 1.165) is 0 Å². The molecular formula is C44H30N2S2. The minimum atomic E-state index is 1.24. The molecule has 0 unspecified atom stereocenters. The van der Waals surface area contributed by atoms with Crippen molar-refractivity contribution in [3.05, 3.63) is 146 Å². The van der Waals surface area contributed by atoms with E-state index in [1.807, 2.05) is 22.7 Å². The summed E-state index contributed by atoms with van der Waals surface area (Å²) in [6.45, 7) is 0. The van der Waals surface area contributed by atoms with Crippen molar-refractivity contribution < 1.29 is 0 Å². The second kappa shape index (κ2) is 10.5. The maximum Gasteiger partial charge on any atom is 0.0542 e. The lowest BCUT2D eigenvalue weighted by atomic mass is 10.00. The monoisotopic (exact) mass is 650 g/mol. The number of hydrogen-bond donors (Lipinski definition) is 0. The van der Waals surface area contributed by atoms with E-state index in [2.05, 4.69) is 169 Å². The minimum absolute atomic E-state index is 1.24. The third-order valence-corrected chi connectivity index (χ3v) is 12.5. The van der Waals surface area contributed by atoms with E-state index in [1.165, 1.54) is 96.1 Å². The normalized spacial score (nSPS) is 12.0. The average Bonchev–Trinajstić information content (AvgIpc) is 3.87. The number of aromatic nitrogens is 2. The third-order valence-electron chi connectivity index (χ3n) is 9.97. The highest BCUT2D eigenvalue weighted by molar-refractivity contribution is 7.36. The molecule has 0 aliphatic carbocycles. The lowest BCUT2D eigenvalue weighted by Gasteiger charge is -2.08. The van der Waals surface area contributed by atoms with Gasteiger partial charge in [0.2, 0.25) is 0 Å². The molecule has 0 fully saturated rings. The van der Waals surface area contributed by atoms with E-state index < -0.39 is 0 Å². The van der Waals surface area contributed by atoms with Gasteiger partial charge in [-0.25, -0.2) is 0 Å². The van der Waals surface area contributed by atoms with Gasteiger partial charge in [0.15, 0.2) is 0 Å². The van der Waals surface area contributed by atoms with Crippen LogP contribution in [0.15, 0.2) is 146 Å². The summed E-state index contributed by atoms with van der Waals surface area (Å²) in [5.74, 6) is 0. The van der Waals surface area contributed by atoms with Crippen LogP contribution in [-0.4, -0.2) is 9.13 Å². The van der Waals surface area contributed by atoms with E-state index >= 15 is 0 Å². The molecule has 4 heteroatoms. The second-order valence-electron chi connectivity index (χ2n) is 12.7. The van der Waals surface area contributed by atoms with E-state index in [9.17, 15) is 0 Å². The Morgan fingerprint density at radius 3 is 1.25 bits per heavy atom. The Hall–Kier alpha value is -5.42. The van der Waals surface area contributed by atoms with Gasteiger partial charge < -0.3 is 9.13 Å². The van der Waals surface area contributed by atoms with Crippen molar-refractivity contribution in [2.24, 2.45) is 14.1 Å². The van der Waals surface area contributed by atoms with Gasteiger partial charge in [-0.2, -0.15) is 0 Å². The standard InChI is InChI=1S/C44H30N2S2/c1-45-37-15-5-3-9-33(37)25-39(45)31-13-7-11-27(21-31)29-17-19-41-35(23-29)43-44(47-41)36-24-30(18-20-42(36)48-43)28-12-8-14-32(22-28)40-26-34-10-4-6-16-38(34)46(40)2/h3-26H,1-2H3. The van der Waals surface area contributed by atoms with Gasteiger partial charge in [0, 0.05) is 67.5 Å². The molecule has 0 saturated carbocycles. The Kier molecular flexibility index (Phi) is 6.08. The van der Waals surface area contributed by atoms with Crippen molar-refractivity contribution in [3.8, 4) is 44.8 Å². The first-order chi connectivity index (χ1) is 23.6. The maximum atomic E-state index is 2.40. The number of thiophene rings is 2. The van der Waals surface area contributed by atoms with E-state index in [1.54, 1.807) is 0 Å². The molecule has 0 bridgehead atoms. The highest BCUT2D eigenvalue weighted by Gasteiger charge is 2.16. The zero-order valence-corrected chi connectivity index (χ0v) is 28.2. The van der Waals surface area contributed by atoms with Gasteiger partial charge in [-0.15, -0.1) is 22.7 Å². The molecule has 4 heterocycles. The summed E-state index contributed by atoms with van der Waals surface area (Å²) in [6.07, 6.45) is 0. The molecule has 0 spiro atoms. The van der Waals surface area contributed by atoms with Gasteiger partial charge in [-0.3, -0.25) is 0 Å². The zero-order chi connectivity index (χ0) is 31.9. The molecule has 6 aromatic carbocycles. The molecule has 10 rings (SSSR count). The zero-order valence-electron chi connectivity index (χ0n) is 26.6. The highest BCUT2D eigenvalue weighted by Crippen LogP contribution is 2.46. The van der Waals surface area contributed by atoms with Gasteiger partial charge in [0.05, 0.1) is 9.40 Å². The lowest BCUT2D eigenvalue weighted by Crippen LogP contribution is -1.91. The van der Waals surface area contributed by atoms with Crippen LogP contribution < -0.4 is 0 Å². The SMILES string of the molecule is Cn1c(-c2cccc(-c3ccc4sc5c6cc(-c7cccc(-c8cc9ccccc9n8C)c7)ccc6sc5c4c3)c2)cc2ccccc21. The van der Waals surface area contributed by atoms with Gasteiger partial charge in [-0.05, 0) is 94.0 Å². The fourth-order valence-corrected chi connectivity index (χ4v) is 10.1. The third kappa shape index (κ3) is 4.23. The lowest BCUT2D eigenvalue weighted by molar-refractivity contribution is 0.978. The van der Waals surface area contributed by atoms with E-state index in [-0.39, 0.29) is 0 Å². The largest absolute Gasteiger partial charge is 0.344 e. The average molecular weight is 651 g/mol. The fourth-order valence-electron chi connectivity index (χ4n) is 7.47. The smallest absolute Gasteiger partial charge is 0.0542 e. The molecule has 4 aromatic heterocycles. The van der Waals surface area contributed by atoms with Crippen LogP contribution >= 0.6 is 22.7 Å². The molecule has 0 atom stereocenters. The summed E-state index contributed by atoms with van der Waals surface area (Å²) in [6, 6.07) is 53.8. The number of rotatable bonds is 4. The summed E-state index contributed by atoms with van der Waals surface area (Å²) < 4.78 is 10.1. The van der Waals surface area contributed by atoms with Gasteiger partial charge in [0.1, 0.15) is 0 Å². The van der Waals surface area contributed by atoms with Crippen molar-refractivity contribution in [1.82, 2.24) is 9.13 Å². The topological polar surface area (TPSA) is 9.86 Å². The highest BCUT2D eigenvalue weighted by atomic mass is 32.1. The van der Waals surface area contributed by atoms with Crippen LogP contribution in [0.25, 0.3) is 96.1 Å². The van der Waals surface area contributed by atoms with Gasteiger partial charge in [-0.1, -0.05) is 84.9 Å². The first-order valence-corrected chi connectivity index (χ1v) is 17.9. The van der Waals surface area contributed by atoms with Crippen molar-refractivity contribution in [1.29, 1.82) is 0 Å². The fraction of sp³-hybridized carbons (Fsp3) is 0.0455. The van der Waals surface area contributed by atoms with Gasteiger partial charge in [0.25, 0.3) is 0 Å². The summed E-state index contributed by atoms with van der Waals surface area (Å²) in [5, 5.41) is 5.24. The molecule has 228 valence electrons. The van der Waals surface area contributed by atoms with E-state index in [4.69, 9.17) is 0 Å². The molecule has 0 aliphatic heterocycles. The van der Waals surface area contributed by atoms with Gasteiger partial charge >= 0.3 is 0 Å². The number of benzene rings is 6. The van der Waals surface area contributed by atoms with Crippen molar-refractivity contribution in [2.45, 2.75) is 0 Å². The first-order valence-electron chi connectivity index (χ1n) is 16.3. The van der Waals surface area contributed by atoms with Crippen LogP contribution in [0.3, 0.4) is 0 Å². The molecule has 48 heavy (non-hydrogen) atoms. The Bertz CT molecular complexity index is 2680. The summed E-state index contributed by atoms with van der Waals surface area (Å²) in [7, 11) is 4.32. The Morgan fingerprint density at radius 1 is 0.375 bits per heavy atom. The predicted molar refractivity (Wildman–Crippen MR) is 209 cm³/mol. The minimum Gasteiger partial charge on any atom is -0.344 e. The number of hydrogen-bond acceptors (Lipinski definition) is 2. The predicted octanol–water partition coefficient (Wildman–Crippen LogP) is 12.9. The number of nitrogens with zero attached hydrogens (tertiary/aromatic N) is 2. The van der Waals surface area contributed by atoms with Crippen molar-refractivity contribution in [3.63, 3.8) is 0 Å².